The summed E-state index contributed by atoms with van der Waals surface area (Å²) in [6.07, 6.45) is 1.27. The number of hydrogen-bond donors (Lipinski definition) is 0. The highest BCUT2D eigenvalue weighted by molar-refractivity contribution is 5.85. The Bertz CT molecular complexity index is 966. The Hall–Kier alpha value is -3.41. The van der Waals surface area contributed by atoms with Crippen LogP contribution in [0.25, 0.3) is 11.0 Å². The quantitative estimate of drug-likeness (QED) is 0.492. The van der Waals surface area contributed by atoms with E-state index in [9.17, 15) is 14.9 Å². The maximum Gasteiger partial charge on any atom is 0.409 e. The summed E-state index contributed by atoms with van der Waals surface area (Å²) in [5.74, 6) is -1.32. The van der Waals surface area contributed by atoms with Crippen LogP contribution in [0.5, 0.6) is 0 Å². The second-order valence-corrected chi connectivity index (χ2v) is 7.18. The Balaban J connectivity index is 1.90. The number of nitrogens with zero attached hydrogens (tertiary/aromatic N) is 5. The van der Waals surface area contributed by atoms with E-state index < -0.39 is 11.9 Å². The van der Waals surface area contributed by atoms with E-state index in [1.807, 2.05) is 36.1 Å². The van der Waals surface area contributed by atoms with Gasteiger partial charge in [-0.05, 0) is 25.5 Å². The van der Waals surface area contributed by atoms with Gasteiger partial charge >= 0.3 is 12.1 Å². The number of carbonyl (C=O) groups excluding carboxylic acids is 2. The van der Waals surface area contributed by atoms with Crippen LogP contribution in [0.2, 0.25) is 0 Å². The summed E-state index contributed by atoms with van der Waals surface area (Å²) in [6, 6.07) is 9.37. The molecule has 0 bridgehead atoms. The number of ether oxygens (including phenoxy) is 2. The summed E-state index contributed by atoms with van der Waals surface area (Å²) in [6.45, 7) is 6.23. The van der Waals surface area contributed by atoms with Gasteiger partial charge in [0.2, 0.25) is 0 Å². The molecule has 0 saturated carbocycles. The van der Waals surface area contributed by atoms with Gasteiger partial charge < -0.3 is 19.3 Å². The number of para-hydroxylation sites is 2. The number of hydrogen-bond acceptors (Lipinski definition) is 8. The average molecular weight is 425 g/mol. The third-order valence-electron chi connectivity index (χ3n) is 5.06. The van der Waals surface area contributed by atoms with Crippen LogP contribution in [0.1, 0.15) is 38.3 Å². The summed E-state index contributed by atoms with van der Waals surface area (Å²) < 4.78 is 10.4. The Morgan fingerprint density at radius 2 is 1.77 bits per heavy atom. The lowest BCUT2D eigenvalue weighted by molar-refractivity contribution is -0.144. The van der Waals surface area contributed by atoms with Crippen LogP contribution in [0, 0.1) is 11.3 Å². The van der Waals surface area contributed by atoms with Gasteiger partial charge in [-0.25, -0.2) is 14.8 Å². The molecule has 1 aromatic heterocycles. The first-order chi connectivity index (χ1) is 15.1. The standard InChI is InChI=1S/C22H27N5O4/c1-3-5-14-31-21(28)16(15-23)19-20(25-18-9-7-6-8-17(18)24-19)26-10-12-27(13-11-26)22(29)30-4-2/h6-9,16H,3-5,10-14H2,1-2H3/t16-/m0/s1. The maximum atomic E-state index is 12.6. The SMILES string of the molecule is CCCCOC(=O)[C@@H](C#N)c1nc2ccccc2nc1N1CCN(C(=O)OCC)CC1. The van der Waals surface area contributed by atoms with Crippen molar-refractivity contribution in [3.05, 3.63) is 30.0 Å². The van der Waals surface area contributed by atoms with Crippen LogP contribution in [-0.2, 0) is 14.3 Å². The van der Waals surface area contributed by atoms with Crippen molar-refractivity contribution < 1.29 is 19.1 Å². The fourth-order valence-corrected chi connectivity index (χ4v) is 3.37. The van der Waals surface area contributed by atoms with Crippen molar-refractivity contribution in [2.45, 2.75) is 32.6 Å². The third-order valence-corrected chi connectivity index (χ3v) is 5.06. The molecule has 9 heteroatoms. The van der Waals surface area contributed by atoms with E-state index in [4.69, 9.17) is 14.5 Å². The number of anilines is 1. The fourth-order valence-electron chi connectivity index (χ4n) is 3.37. The molecular weight excluding hydrogens is 398 g/mol. The van der Waals surface area contributed by atoms with Crippen molar-refractivity contribution in [1.29, 1.82) is 5.26 Å². The summed E-state index contributed by atoms with van der Waals surface area (Å²) in [5.41, 5.74) is 1.56. The van der Waals surface area contributed by atoms with Gasteiger partial charge in [0.15, 0.2) is 11.7 Å². The maximum absolute atomic E-state index is 12.6. The Morgan fingerprint density at radius 1 is 1.10 bits per heavy atom. The Labute approximate surface area is 181 Å². The number of unbranched alkanes of at least 4 members (excludes halogenated alkanes) is 1. The van der Waals surface area contributed by atoms with Crippen LogP contribution in [0.3, 0.4) is 0 Å². The van der Waals surface area contributed by atoms with Crippen molar-refractivity contribution in [2.24, 2.45) is 0 Å². The van der Waals surface area contributed by atoms with Crippen molar-refractivity contribution in [2.75, 3.05) is 44.3 Å². The smallest absolute Gasteiger partial charge is 0.409 e. The highest BCUT2D eigenvalue weighted by atomic mass is 16.6. The minimum Gasteiger partial charge on any atom is -0.464 e. The monoisotopic (exact) mass is 425 g/mol. The van der Waals surface area contributed by atoms with E-state index >= 15 is 0 Å². The van der Waals surface area contributed by atoms with Crippen LogP contribution in [-0.4, -0.2) is 66.3 Å². The number of esters is 1. The molecule has 2 heterocycles. The van der Waals surface area contributed by atoms with Crippen molar-refractivity contribution in [3.63, 3.8) is 0 Å². The van der Waals surface area contributed by atoms with E-state index in [0.29, 0.717) is 49.6 Å². The molecule has 164 valence electrons. The van der Waals surface area contributed by atoms with Crippen molar-refractivity contribution in [3.8, 4) is 6.07 Å². The molecule has 0 aliphatic carbocycles. The molecular formula is C22H27N5O4. The van der Waals surface area contributed by atoms with Crippen LogP contribution >= 0.6 is 0 Å². The highest BCUT2D eigenvalue weighted by Gasteiger charge is 2.32. The minimum atomic E-state index is -1.17. The van der Waals surface area contributed by atoms with Gasteiger partial charge in [0, 0.05) is 26.2 Å². The predicted octanol–water partition coefficient (Wildman–Crippen LogP) is 2.86. The lowest BCUT2D eigenvalue weighted by Gasteiger charge is -2.35. The molecule has 1 amide bonds. The number of benzene rings is 1. The lowest BCUT2D eigenvalue weighted by Crippen LogP contribution is -2.49. The molecule has 3 rings (SSSR count). The largest absolute Gasteiger partial charge is 0.464 e. The van der Waals surface area contributed by atoms with E-state index in [1.54, 1.807) is 17.9 Å². The van der Waals surface area contributed by atoms with Gasteiger partial charge in [-0.1, -0.05) is 25.5 Å². The molecule has 9 nitrogen and oxygen atoms in total. The van der Waals surface area contributed by atoms with Gasteiger partial charge in [-0.3, -0.25) is 4.79 Å². The minimum absolute atomic E-state index is 0.266. The van der Waals surface area contributed by atoms with E-state index in [0.717, 1.165) is 12.8 Å². The number of aromatic nitrogens is 2. The summed E-state index contributed by atoms with van der Waals surface area (Å²) in [4.78, 5) is 37.6. The second kappa shape index (κ2) is 10.6. The molecule has 0 unspecified atom stereocenters. The lowest BCUT2D eigenvalue weighted by atomic mass is 10.1. The van der Waals surface area contributed by atoms with Gasteiger partial charge in [-0.2, -0.15) is 5.26 Å². The van der Waals surface area contributed by atoms with Crippen LogP contribution in [0.15, 0.2) is 24.3 Å². The molecule has 1 aromatic carbocycles. The zero-order valence-corrected chi connectivity index (χ0v) is 17.9. The first-order valence-corrected chi connectivity index (χ1v) is 10.6. The van der Waals surface area contributed by atoms with E-state index in [1.165, 1.54) is 0 Å². The van der Waals surface area contributed by atoms with Crippen LogP contribution in [0.4, 0.5) is 10.6 Å². The molecule has 0 spiro atoms. The molecule has 0 N–H and O–H groups in total. The fraction of sp³-hybridized carbons (Fsp3) is 0.500. The zero-order chi connectivity index (χ0) is 22.2. The normalized spacial score (nSPS) is 14.7. The van der Waals surface area contributed by atoms with E-state index in [-0.39, 0.29) is 18.4 Å². The second-order valence-electron chi connectivity index (χ2n) is 7.18. The first kappa shape index (κ1) is 22.3. The zero-order valence-electron chi connectivity index (χ0n) is 17.9. The number of fused-ring (bicyclic) bond motifs is 1. The highest BCUT2D eigenvalue weighted by Crippen LogP contribution is 2.28. The molecule has 1 atom stereocenters. The number of rotatable bonds is 7. The number of piperazine rings is 1. The third kappa shape index (κ3) is 5.20. The molecule has 31 heavy (non-hydrogen) atoms. The van der Waals surface area contributed by atoms with Gasteiger partial charge in [0.05, 0.1) is 30.3 Å². The van der Waals surface area contributed by atoms with Crippen molar-refractivity contribution in [1.82, 2.24) is 14.9 Å². The van der Waals surface area contributed by atoms with Crippen molar-refractivity contribution >= 4 is 28.9 Å². The van der Waals surface area contributed by atoms with Gasteiger partial charge in [0.25, 0.3) is 0 Å². The van der Waals surface area contributed by atoms with E-state index in [2.05, 4.69) is 4.98 Å². The Morgan fingerprint density at radius 3 is 2.39 bits per heavy atom. The summed E-state index contributed by atoms with van der Waals surface area (Å²) in [5, 5.41) is 9.77. The summed E-state index contributed by atoms with van der Waals surface area (Å²) >= 11 is 0. The topological polar surface area (TPSA) is 109 Å². The Kier molecular flexibility index (Phi) is 7.60. The summed E-state index contributed by atoms with van der Waals surface area (Å²) in [7, 11) is 0. The number of carbonyl (C=O) groups is 2. The average Bonchev–Trinajstić information content (AvgIpc) is 2.79. The molecule has 1 aliphatic heterocycles. The molecule has 1 saturated heterocycles. The first-order valence-electron chi connectivity index (χ1n) is 10.6. The molecule has 1 aliphatic rings. The molecule has 0 radical (unpaired) electrons. The van der Waals surface area contributed by atoms with Gasteiger partial charge in [-0.15, -0.1) is 0 Å². The molecule has 1 fully saturated rings. The van der Waals surface area contributed by atoms with Crippen LogP contribution < -0.4 is 4.90 Å². The van der Waals surface area contributed by atoms with Gasteiger partial charge in [0.1, 0.15) is 5.69 Å². The number of amides is 1. The molecule has 2 aromatic rings. The predicted molar refractivity (Wildman–Crippen MR) is 115 cm³/mol. The number of nitriles is 1.